The van der Waals surface area contributed by atoms with Crippen LogP contribution in [-0.2, 0) is 9.59 Å². The van der Waals surface area contributed by atoms with Crippen molar-refractivity contribution in [3.63, 3.8) is 0 Å². The van der Waals surface area contributed by atoms with Gasteiger partial charge in [0.15, 0.2) is 0 Å². The van der Waals surface area contributed by atoms with Crippen molar-refractivity contribution in [2.24, 2.45) is 5.73 Å². The van der Waals surface area contributed by atoms with Crippen LogP contribution in [0.5, 0.6) is 0 Å². The third-order valence-corrected chi connectivity index (χ3v) is 3.79. The zero-order valence-electron chi connectivity index (χ0n) is 11.9. The second kappa shape index (κ2) is 6.86. The predicted octanol–water partition coefficient (Wildman–Crippen LogP) is 0.123. The molecule has 0 aromatic heterocycles. The molecule has 19 heavy (non-hydrogen) atoms. The third kappa shape index (κ3) is 4.18. The van der Waals surface area contributed by atoms with Gasteiger partial charge in [0.25, 0.3) is 0 Å². The average molecular weight is 271 g/mol. The Morgan fingerprint density at radius 1 is 1.37 bits per heavy atom. The first kappa shape index (κ1) is 15.9. The molecule has 0 radical (unpaired) electrons. The standard InChI is InChI=1S/C13H25N3O3/c1-3-16(4-2)11(17)6-5-8-15-9-7-13(14,10-15)12(18)19/h3-10,14H2,1-2H3,(H,18,19). The fourth-order valence-corrected chi connectivity index (χ4v) is 2.47. The van der Waals surface area contributed by atoms with E-state index in [1.54, 1.807) is 0 Å². The lowest BCUT2D eigenvalue weighted by Gasteiger charge is -2.21. The second-order valence-electron chi connectivity index (χ2n) is 5.16. The summed E-state index contributed by atoms with van der Waals surface area (Å²) in [6.45, 7) is 7.23. The Bertz CT molecular complexity index is 331. The van der Waals surface area contributed by atoms with E-state index in [0.717, 1.165) is 26.1 Å². The number of hydrogen-bond donors (Lipinski definition) is 2. The number of carbonyl (C=O) groups is 2. The predicted molar refractivity (Wildman–Crippen MR) is 72.8 cm³/mol. The van der Waals surface area contributed by atoms with Gasteiger partial charge in [-0.05, 0) is 33.2 Å². The van der Waals surface area contributed by atoms with Crippen LogP contribution in [0.1, 0.15) is 33.1 Å². The summed E-state index contributed by atoms with van der Waals surface area (Å²) >= 11 is 0. The maximum Gasteiger partial charge on any atom is 0.325 e. The minimum atomic E-state index is -1.11. The molecule has 1 saturated heterocycles. The van der Waals surface area contributed by atoms with E-state index in [-0.39, 0.29) is 5.91 Å². The SMILES string of the molecule is CCN(CC)C(=O)CCCN1CCC(N)(C(=O)O)C1. The number of nitrogens with two attached hydrogens (primary N) is 1. The van der Waals surface area contributed by atoms with Crippen LogP contribution in [0.25, 0.3) is 0 Å². The Morgan fingerprint density at radius 2 is 2.00 bits per heavy atom. The average Bonchev–Trinajstić information content (AvgIpc) is 2.74. The van der Waals surface area contributed by atoms with Gasteiger partial charge in [-0.2, -0.15) is 0 Å². The molecule has 0 aromatic carbocycles. The van der Waals surface area contributed by atoms with Crippen LogP contribution in [-0.4, -0.2) is 65.0 Å². The van der Waals surface area contributed by atoms with Gasteiger partial charge in [-0.15, -0.1) is 0 Å². The number of nitrogens with zero attached hydrogens (tertiary/aromatic N) is 2. The number of rotatable bonds is 7. The maximum absolute atomic E-state index is 11.8. The van der Waals surface area contributed by atoms with Crippen molar-refractivity contribution in [3.05, 3.63) is 0 Å². The Labute approximate surface area is 114 Å². The Morgan fingerprint density at radius 3 is 2.47 bits per heavy atom. The van der Waals surface area contributed by atoms with Crippen molar-refractivity contribution < 1.29 is 14.7 Å². The maximum atomic E-state index is 11.8. The van der Waals surface area contributed by atoms with Gasteiger partial charge >= 0.3 is 5.97 Å². The van der Waals surface area contributed by atoms with Gasteiger partial charge in [0.2, 0.25) is 5.91 Å². The number of carboxylic acid groups (broad SMARTS) is 1. The lowest BCUT2D eigenvalue weighted by Crippen LogP contribution is -2.50. The van der Waals surface area contributed by atoms with E-state index >= 15 is 0 Å². The van der Waals surface area contributed by atoms with Gasteiger partial charge in [-0.3, -0.25) is 9.59 Å². The fourth-order valence-electron chi connectivity index (χ4n) is 2.47. The zero-order chi connectivity index (χ0) is 14.5. The summed E-state index contributed by atoms with van der Waals surface area (Å²) in [4.78, 5) is 26.7. The number of likely N-dealkylation sites (tertiary alicyclic amines) is 1. The molecule has 1 atom stereocenters. The van der Waals surface area contributed by atoms with E-state index in [0.29, 0.717) is 25.9 Å². The minimum Gasteiger partial charge on any atom is -0.480 e. The summed E-state index contributed by atoms with van der Waals surface area (Å²) in [5.74, 6) is -0.768. The summed E-state index contributed by atoms with van der Waals surface area (Å²) in [6.07, 6.45) is 1.75. The van der Waals surface area contributed by atoms with E-state index < -0.39 is 11.5 Å². The number of hydrogen-bond acceptors (Lipinski definition) is 4. The molecular weight excluding hydrogens is 246 g/mol. The Hall–Kier alpha value is -1.14. The quantitative estimate of drug-likeness (QED) is 0.687. The summed E-state index contributed by atoms with van der Waals surface area (Å²) in [7, 11) is 0. The van der Waals surface area contributed by atoms with E-state index in [2.05, 4.69) is 0 Å². The van der Waals surface area contributed by atoms with Gasteiger partial charge in [0, 0.05) is 32.6 Å². The Balaban J connectivity index is 2.28. The zero-order valence-corrected chi connectivity index (χ0v) is 11.9. The molecule has 1 fully saturated rings. The van der Waals surface area contributed by atoms with E-state index in [4.69, 9.17) is 10.8 Å². The van der Waals surface area contributed by atoms with Crippen LogP contribution in [0.15, 0.2) is 0 Å². The highest BCUT2D eigenvalue weighted by atomic mass is 16.4. The van der Waals surface area contributed by atoms with Gasteiger partial charge in [-0.1, -0.05) is 0 Å². The van der Waals surface area contributed by atoms with Crippen molar-refractivity contribution >= 4 is 11.9 Å². The molecule has 1 aliphatic rings. The molecule has 1 unspecified atom stereocenters. The first-order chi connectivity index (χ1) is 8.92. The highest BCUT2D eigenvalue weighted by Crippen LogP contribution is 2.19. The van der Waals surface area contributed by atoms with E-state index in [1.807, 2.05) is 23.6 Å². The van der Waals surface area contributed by atoms with Crippen molar-refractivity contribution in [1.29, 1.82) is 0 Å². The molecule has 6 nitrogen and oxygen atoms in total. The number of aliphatic carboxylic acids is 1. The first-order valence-electron chi connectivity index (χ1n) is 6.95. The molecule has 3 N–H and O–H groups in total. The normalized spacial score (nSPS) is 23.5. The molecule has 0 spiro atoms. The molecule has 1 heterocycles. The topological polar surface area (TPSA) is 86.9 Å². The minimum absolute atomic E-state index is 0.168. The van der Waals surface area contributed by atoms with Crippen LogP contribution in [0.2, 0.25) is 0 Å². The van der Waals surface area contributed by atoms with Crippen LogP contribution < -0.4 is 5.73 Å². The van der Waals surface area contributed by atoms with Crippen molar-refractivity contribution in [3.8, 4) is 0 Å². The number of amides is 1. The van der Waals surface area contributed by atoms with Crippen molar-refractivity contribution in [2.45, 2.75) is 38.6 Å². The molecule has 110 valence electrons. The third-order valence-electron chi connectivity index (χ3n) is 3.79. The lowest BCUT2D eigenvalue weighted by molar-refractivity contribution is -0.142. The molecule has 0 aromatic rings. The highest BCUT2D eigenvalue weighted by molar-refractivity contribution is 5.79. The molecule has 1 amide bonds. The number of carbonyl (C=O) groups excluding carboxylic acids is 1. The fraction of sp³-hybridized carbons (Fsp3) is 0.846. The largest absolute Gasteiger partial charge is 0.480 e. The van der Waals surface area contributed by atoms with Crippen molar-refractivity contribution in [2.75, 3.05) is 32.7 Å². The van der Waals surface area contributed by atoms with E-state index in [1.165, 1.54) is 0 Å². The second-order valence-corrected chi connectivity index (χ2v) is 5.16. The van der Waals surface area contributed by atoms with Crippen LogP contribution in [0.3, 0.4) is 0 Å². The lowest BCUT2D eigenvalue weighted by atomic mass is 10.0. The molecule has 0 bridgehead atoms. The molecule has 0 aliphatic carbocycles. The van der Waals surface area contributed by atoms with Gasteiger partial charge in [0.1, 0.15) is 5.54 Å². The summed E-state index contributed by atoms with van der Waals surface area (Å²) in [5, 5.41) is 9.03. The molecule has 6 heteroatoms. The summed E-state index contributed by atoms with van der Waals surface area (Å²) < 4.78 is 0. The van der Waals surface area contributed by atoms with Gasteiger partial charge in [0.05, 0.1) is 0 Å². The number of carboxylic acids is 1. The van der Waals surface area contributed by atoms with E-state index in [9.17, 15) is 9.59 Å². The Kier molecular flexibility index (Phi) is 5.75. The molecule has 0 saturated carbocycles. The van der Waals surface area contributed by atoms with Gasteiger partial charge in [-0.25, -0.2) is 0 Å². The van der Waals surface area contributed by atoms with Crippen LogP contribution in [0, 0.1) is 0 Å². The highest BCUT2D eigenvalue weighted by Gasteiger charge is 2.40. The summed E-state index contributed by atoms with van der Waals surface area (Å²) in [5.41, 5.74) is 4.69. The van der Waals surface area contributed by atoms with Crippen LogP contribution >= 0.6 is 0 Å². The van der Waals surface area contributed by atoms with Crippen molar-refractivity contribution in [1.82, 2.24) is 9.80 Å². The summed E-state index contributed by atoms with van der Waals surface area (Å²) in [6, 6.07) is 0. The molecule has 1 aliphatic heterocycles. The smallest absolute Gasteiger partial charge is 0.325 e. The van der Waals surface area contributed by atoms with Crippen LogP contribution in [0.4, 0.5) is 0 Å². The monoisotopic (exact) mass is 271 g/mol. The van der Waals surface area contributed by atoms with Gasteiger partial charge < -0.3 is 20.6 Å². The molecular formula is C13H25N3O3. The molecule has 1 rings (SSSR count). The first-order valence-corrected chi connectivity index (χ1v) is 6.95.